The first-order valence-corrected chi connectivity index (χ1v) is 5.15. The van der Waals surface area contributed by atoms with E-state index in [-0.39, 0.29) is 16.9 Å². The molecular weight excluding hydrogens is 252 g/mol. The molecule has 1 N–H and O–H groups in total. The van der Waals surface area contributed by atoms with Gasteiger partial charge in [-0.1, -0.05) is 6.07 Å². The van der Waals surface area contributed by atoms with E-state index in [0.717, 1.165) is 0 Å². The number of hydrogen-bond donors (Lipinski definition) is 1. The summed E-state index contributed by atoms with van der Waals surface area (Å²) in [4.78, 5) is 3.89. The maximum Gasteiger partial charge on any atom is 0.414 e. The molecule has 3 nitrogen and oxygen atoms in total. The van der Waals surface area contributed by atoms with E-state index in [1.165, 1.54) is 29.8 Å². The van der Waals surface area contributed by atoms with Crippen LogP contribution in [0.1, 0.15) is 5.82 Å². The molecule has 2 aromatic rings. The van der Waals surface area contributed by atoms with Crippen LogP contribution >= 0.6 is 0 Å². The molecule has 2 rings (SSSR count). The van der Waals surface area contributed by atoms with Crippen molar-refractivity contribution in [3.63, 3.8) is 0 Å². The summed E-state index contributed by atoms with van der Waals surface area (Å²) in [6.07, 6.45) is -7.92. The number of imidazole rings is 1. The van der Waals surface area contributed by atoms with Crippen LogP contribution in [0.2, 0.25) is 0 Å². The summed E-state index contributed by atoms with van der Waals surface area (Å²) in [5.41, 5.74) is 0.392. The average molecular weight is 262 g/mol. The fourth-order valence-electron chi connectivity index (χ4n) is 1.74. The van der Waals surface area contributed by atoms with Gasteiger partial charge in [0.1, 0.15) is 17.2 Å². The molecule has 7 heteroatoms. The maximum atomic E-state index is 13.5. The largest absolute Gasteiger partial charge is 0.414 e. The van der Waals surface area contributed by atoms with E-state index in [0.29, 0.717) is 0 Å². The topological polar surface area (TPSA) is 38.0 Å². The molecule has 0 aliphatic rings. The van der Waals surface area contributed by atoms with Gasteiger partial charge in [-0.3, -0.25) is 0 Å². The van der Waals surface area contributed by atoms with E-state index in [2.05, 4.69) is 4.98 Å². The number of benzene rings is 1. The van der Waals surface area contributed by atoms with Crippen molar-refractivity contribution in [1.82, 2.24) is 9.55 Å². The first kappa shape index (κ1) is 12.8. The van der Waals surface area contributed by atoms with Crippen LogP contribution < -0.4 is 0 Å². The fraction of sp³-hybridized carbons (Fsp3) is 0.364. The predicted octanol–water partition coefficient (Wildman–Crippen LogP) is 2.18. The number of halogens is 4. The van der Waals surface area contributed by atoms with E-state index in [4.69, 9.17) is 5.11 Å². The summed E-state index contributed by atoms with van der Waals surface area (Å²) in [6, 6.07) is 4.13. The van der Waals surface area contributed by atoms with Gasteiger partial charge in [0.15, 0.2) is 6.10 Å². The molecule has 0 saturated carbocycles. The summed E-state index contributed by atoms with van der Waals surface area (Å²) >= 11 is 0. The zero-order valence-electron chi connectivity index (χ0n) is 9.37. The Hall–Kier alpha value is -1.63. The van der Waals surface area contributed by atoms with Gasteiger partial charge >= 0.3 is 6.18 Å². The number of aryl methyl sites for hydroxylation is 1. The Kier molecular flexibility index (Phi) is 3.02. The molecule has 1 atom stereocenters. The van der Waals surface area contributed by atoms with E-state index in [9.17, 15) is 17.6 Å². The number of hydrogen-bond acceptors (Lipinski definition) is 2. The minimum absolute atomic E-state index is 0.0140. The average Bonchev–Trinajstić information content (AvgIpc) is 2.56. The molecule has 0 radical (unpaired) electrons. The molecule has 1 aromatic heterocycles. The zero-order chi connectivity index (χ0) is 13.5. The van der Waals surface area contributed by atoms with Crippen molar-refractivity contribution >= 4 is 11.0 Å². The lowest BCUT2D eigenvalue weighted by molar-refractivity contribution is -0.203. The highest BCUT2D eigenvalue weighted by Crippen LogP contribution is 2.24. The van der Waals surface area contributed by atoms with Gasteiger partial charge in [-0.05, 0) is 12.1 Å². The number of rotatable bonds is 2. The van der Waals surface area contributed by atoms with E-state index in [1.807, 2.05) is 0 Å². The number of aliphatic hydroxyl groups is 1. The van der Waals surface area contributed by atoms with Gasteiger partial charge in [0, 0.05) is 13.5 Å². The Balaban J connectivity index is 2.41. The Morgan fingerprint density at radius 1 is 1.39 bits per heavy atom. The van der Waals surface area contributed by atoms with Gasteiger partial charge in [-0.25, -0.2) is 9.37 Å². The van der Waals surface area contributed by atoms with E-state index in [1.54, 1.807) is 0 Å². The number of aliphatic hydroxyl groups excluding tert-OH is 1. The second kappa shape index (κ2) is 4.24. The van der Waals surface area contributed by atoms with Crippen molar-refractivity contribution in [1.29, 1.82) is 0 Å². The van der Waals surface area contributed by atoms with Gasteiger partial charge in [-0.15, -0.1) is 0 Å². The lowest BCUT2D eigenvalue weighted by atomic mass is 10.2. The Morgan fingerprint density at radius 3 is 2.61 bits per heavy atom. The SMILES string of the molecule is Cn1c(CC(O)C(F)(F)F)nc2cccc(F)c21. The highest BCUT2D eigenvalue weighted by atomic mass is 19.4. The van der Waals surface area contributed by atoms with Crippen LogP contribution in [0, 0.1) is 5.82 Å². The monoisotopic (exact) mass is 262 g/mol. The third-order valence-electron chi connectivity index (χ3n) is 2.69. The first-order valence-electron chi connectivity index (χ1n) is 5.15. The molecular formula is C11H10F4N2O. The van der Waals surface area contributed by atoms with Crippen molar-refractivity contribution in [3.05, 3.63) is 29.8 Å². The lowest BCUT2D eigenvalue weighted by Gasteiger charge is -2.13. The summed E-state index contributed by atoms with van der Waals surface area (Å²) in [5.74, 6) is -0.574. The predicted molar refractivity (Wildman–Crippen MR) is 56.4 cm³/mol. The molecule has 1 aromatic carbocycles. The number of fused-ring (bicyclic) bond motifs is 1. The van der Waals surface area contributed by atoms with Crippen LogP contribution in [0.3, 0.4) is 0 Å². The van der Waals surface area contributed by atoms with Crippen molar-refractivity contribution < 1.29 is 22.7 Å². The highest BCUT2D eigenvalue weighted by molar-refractivity contribution is 5.76. The number of alkyl halides is 3. The van der Waals surface area contributed by atoms with Crippen molar-refractivity contribution in [2.24, 2.45) is 7.05 Å². The molecule has 0 aliphatic heterocycles. The highest BCUT2D eigenvalue weighted by Gasteiger charge is 2.39. The van der Waals surface area contributed by atoms with Crippen LogP contribution in [0.15, 0.2) is 18.2 Å². The van der Waals surface area contributed by atoms with Gasteiger partial charge in [0.25, 0.3) is 0 Å². The number of nitrogens with zero attached hydrogens (tertiary/aromatic N) is 2. The molecule has 0 fully saturated rings. The molecule has 18 heavy (non-hydrogen) atoms. The third kappa shape index (κ3) is 2.17. The van der Waals surface area contributed by atoms with Crippen LogP contribution in [0.5, 0.6) is 0 Å². The zero-order valence-corrected chi connectivity index (χ0v) is 9.37. The van der Waals surface area contributed by atoms with E-state index < -0.39 is 24.5 Å². The number of aromatic nitrogens is 2. The first-order chi connectivity index (χ1) is 8.30. The smallest absolute Gasteiger partial charge is 0.383 e. The Labute approximate surface area is 99.7 Å². The van der Waals surface area contributed by atoms with E-state index >= 15 is 0 Å². The third-order valence-corrected chi connectivity index (χ3v) is 2.69. The normalized spacial score (nSPS) is 14.1. The molecule has 1 unspecified atom stereocenters. The van der Waals surface area contributed by atoms with Crippen LogP contribution in [0.4, 0.5) is 17.6 Å². The van der Waals surface area contributed by atoms with Crippen molar-refractivity contribution in [3.8, 4) is 0 Å². The molecule has 0 amide bonds. The fourth-order valence-corrected chi connectivity index (χ4v) is 1.74. The van der Waals surface area contributed by atoms with Crippen LogP contribution in [-0.2, 0) is 13.5 Å². The summed E-state index contributed by atoms with van der Waals surface area (Å²) < 4.78 is 51.4. The Bertz CT molecular complexity index is 576. The molecule has 0 aliphatic carbocycles. The quantitative estimate of drug-likeness (QED) is 0.842. The van der Waals surface area contributed by atoms with Crippen LogP contribution in [-0.4, -0.2) is 26.9 Å². The maximum absolute atomic E-state index is 13.5. The number of para-hydroxylation sites is 1. The molecule has 98 valence electrons. The van der Waals surface area contributed by atoms with Crippen LogP contribution in [0.25, 0.3) is 11.0 Å². The minimum atomic E-state index is -4.71. The molecule has 0 spiro atoms. The summed E-state index contributed by atoms with van der Waals surface area (Å²) in [5, 5.41) is 8.99. The van der Waals surface area contributed by atoms with Gasteiger partial charge in [0.2, 0.25) is 0 Å². The second-order valence-electron chi connectivity index (χ2n) is 3.96. The Morgan fingerprint density at radius 2 is 2.06 bits per heavy atom. The van der Waals surface area contributed by atoms with Gasteiger partial charge in [0.05, 0.1) is 5.52 Å². The summed E-state index contributed by atoms with van der Waals surface area (Å²) in [7, 11) is 1.41. The molecule has 0 saturated heterocycles. The van der Waals surface area contributed by atoms with Gasteiger partial charge < -0.3 is 9.67 Å². The lowest BCUT2D eigenvalue weighted by Crippen LogP contribution is -2.31. The van der Waals surface area contributed by atoms with Gasteiger partial charge in [-0.2, -0.15) is 13.2 Å². The van der Waals surface area contributed by atoms with Crippen molar-refractivity contribution in [2.75, 3.05) is 0 Å². The standard InChI is InChI=1S/C11H10F4N2O/c1-17-9(5-8(18)11(13,14)15)16-7-4-2-3-6(12)10(7)17/h2-4,8,18H,5H2,1H3. The molecule has 1 heterocycles. The van der Waals surface area contributed by atoms with Crippen molar-refractivity contribution in [2.45, 2.75) is 18.7 Å². The molecule has 0 bridgehead atoms. The minimum Gasteiger partial charge on any atom is -0.383 e. The second-order valence-corrected chi connectivity index (χ2v) is 3.96. The summed E-state index contributed by atoms with van der Waals surface area (Å²) in [6.45, 7) is 0.